The largest absolute Gasteiger partial charge is 0.378 e. The van der Waals surface area contributed by atoms with Crippen molar-refractivity contribution in [1.82, 2.24) is 0 Å². The highest BCUT2D eigenvalue weighted by Crippen LogP contribution is 2.53. The summed E-state index contributed by atoms with van der Waals surface area (Å²) in [5.74, 6) is 0. The van der Waals surface area contributed by atoms with Crippen LogP contribution in [0.25, 0.3) is 16.7 Å². The molecule has 0 fully saturated rings. The van der Waals surface area contributed by atoms with Crippen LogP contribution in [0.4, 0.5) is 5.69 Å². The van der Waals surface area contributed by atoms with Gasteiger partial charge in [0.1, 0.15) is 0 Å². The Hall–Kier alpha value is -2.28. The van der Waals surface area contributed by atoms with E-state index in [0.717, 1.165) is 12.8 Å². The van der Waals surface area contributed by atoms with Gasteiger partial charge >= 0.3 is 0 Å². The van der Waals surface area contributed by atoms with Crippen LogP contribution in [0.3, 0.4) is 0 Å². The van der Waals surface area contributed by atoms with Gasteiger partial charge in [0.25, 0.3) is 0 Å². The molecule has 0 atom stereocenters. The minimum Gasteiger partial charge on any atom is -0.378 e. The summed E-state index contributed by atoms with van der Waals surface area (Å²) in [6.45, 7) is 9.33. The normalized spacial score (nSPS) is 16.9. The highest BCUT2D eigenvalue weighted by atomic mass is 15.1. The van der Waals surface area contributed by atoms with Gasteiger partial charge in [-0.05, 0) is 89.4 Å². The Labute approximate surface area is 158 Å². The Bertz CT molecular complexity index is 955. The molecule has 0 aromatic heterocycles. The van der Waals surface area contributed by atoms with Gasteiger partial charge in [0.05, 0.1) is 0 Å². The van der Waals surface area contributed by atoms with Crippen LogP contribution in [0.1, 0.15) is 54.5 Å². The minimum atomic E-state index is 0.0586. The van der Waals surface area contributed by atoms with E-state index in [9.17, 15) is 0 Å². The van der Waals surface area contributed by atoms with Gasteiger partial charge < -0.3 is 4.90 Å². The fraction of sp³-hybridized carbons (Fsp3) is 0.360. The third kappa shape index (κ3) is 2.45. The number of benzene rings is 2. The summed E-state index contributed by atoms with van der Waals surface area (Å²) >= 11 is 0. The molecule has 0 saturated carbocycles. The van der Waals surface area contributed by atoms with Crippen LogP contribution in [-0.2, 0) is 5.41 Å². The zero-order valence-electron chi connectivity index (χ0n) is 16.9. The summed E-state index contributed by atoms with van der Waals surface area (Å²) < 4.78 is 0. The zero-order chi connectivity index (χ0) is 18.6. The Kier molecular flexibility index (Phi) is 3.87. The van der Waals surface area contributed by atoms with Gasteiger partial charge in [0.15, 0.2) is 0 Å². The van der Waals surface area contributed by atoms with Gasteiger partial charge in [0.2, 0.25) is 0 Å². The molecule has 0 N–H and O–H groups in total. The molecule has 0 bridgehead atoms. The van der Waals surface area contributed by atoms with Gasteiger partial charge in [-0.25, -0.2) is 0 Å². The van der Waals surface area contributed by atoms with E-state index in [4.69, 9.17) is 0 Å². The first-order valence-corrected chi connectivity index (χ1v) is 9.64. The second-order valence-electron chi connectivity index (χ2n) is 8.58. The van der Waals surface area contributed by atoms with Gasteiger partial charge in [-0.15, -0.1) is 0 Å². The first-order valence-electron chi connectivity index (χ1n) is 9.64. The third-order valence-corrected chi connectivity index (χ3v) is 6.10. The van der Waals surface area contributed by atoms with Gasteiger partial charge in [-0.3, -0.25) is 0 Å². The van der Waals surface area contributed by atoms with Crippen LogP contribution in [0.2, 0.25) is 0 Å². The molecule has 134 valence electrons. The lowest BCUT2D eigenvalue weighted by molar-refractivity contribution is 0.651. The molecule has 0 unspecified atom stereocenters. The molecular formula is C25H29N. The van der Waals surface area contributed by atoms with Crippen molar-refractivity contribution in [2.45, 2.75) is 46.0 Å². The SMILES string of the molecule is Cc1cc(C2=CC=CCC2)cc2c1C(C)(C)c1c(C)cc(N(C)C)cc1-2. The molecule has 0 amide bonds. The smallest absolute Gasteiger partial charge is 0.0370 e. The summed E-state index contributed by atoms with van der Waals surface area (Å²) in [5.41, 5.74) is 12.9. The highest BCUT2D eigenvalue weighted by molar-refractivity contribution is 5.88. The van der Waals surface area contributed by atoms with Crippen LogP contribution >= 0.6 is 0 Å². The summed E-state index contributed by atoms with van der Waals surface area (Å²) in [6, 6.07) is 9.56. The molecule has 0 heterocycles. The molecule has 0 spiro atoms. The van der Waals surface area contributed by atoms with Crippen molar-refractivity contribution >= 4 is 11.3 Å². The number of hydrogen-bond acceptors (Lipinski definition) is 1. The van der Waals surface area contributed by atoms with Crippen molar-refractivity contribution in [3.63, 3.8) is 0 Å². The summed E-state index contributed by atoms with van der Waals surface area (Å²) in [7, 11) is 4.26. The van der Waals surface area contributed by atoms with Crippen molar-refractivity contribution in [2.75, 3.05) is 19.0 Å². The zero-order valence-corrected chi connectivity index (χ0v) is 16.9. The Balaban J connectivity index is 2.00. The fourth-order valence-electron chi connectivity index (χ4n) is 5.05. The molecule has 0 saturated heterocycles. The van der Waals surface area contributed by atoms with E-state index in [0.29, 0.717) is 0 Å². The Morgan fingerprint density at radius 2 is 1.54 bits per heavy atom. The third-order valence-electron chi connectivity index (χ3n) is 6.10. The Morgan fingerprint density at radius 3 is 2.15 bits per heavy atom. The lowest BCUT2D eigenvalue weighted by Crippen LogP contribution is -2.18. The van der Waals surface area contributed by atoms with E-state index in [-0.39, 0.29) is 5.41 Å². The average molecular weight is 344 g/mol. The summed E-state index contributed by atoms with van der Waals surface area (Å²) in [6.07, 6.45) is 9.03. The van der Waals surface area contributed by atoms with Gasteiger partial charge in [0, 0.05) is 25.2 Å². The number of aryl methyl sites for hydroxylation is 2. The van der Waals surface area contributed by atoms with E-state index in [1.54, 1.807) is 0 Å². The first-order chi connectivity index (χ1) is 12.3. The standard InChI is InChI=1S/C25H29N/c1-16-12-19(18-10-8-7-9-11-18)14-21-22-15-20(26(5)6)13-17(2)24(22)25(3,4)23(16)21/h7-8,10,12-15H,9,11H2,1-6H3. The first kappa shape index (κ1) is 17.1. The monoisotopic (exact) mass is 343 g/mol. The molecule has 4 rings (SSSR count). The van der Waals surface area contributed by atoms with Crippen LogP contribution in [0.5, 0.6) is 0 Å². The second kappa shape index (κ2) is 5.87. The second-order valence-corrected chi connectivity index (χ2v) is 8.58. The number of rotatable bonds is 2. The topological polar surface area (TPSA) is 3.24 Å². The molecule has 0 aliphatic heterocycles. The van der Waals surface area contributed by atoms with Crippen molar-refractivity contribution in [1.29, 1.82) is 0 Å². The van der Waals surface area contributed by atoms with E-state index in [2.05, 4.69) is 89.2 Å². The number of fused-ring (bicyclic) bond motifs is 3. The van der Waals surface area contributed by atoms with Crippen molar-refractivity contribution in [2.24, 2.45) is 0 Å². The quantitative estimate of drug-likeness (QED) is 0.609. The van der Waals surface area contributed by atoms with E-state index >= 15 is 0 Å². The van der Waals surface area contributed by atoms with Crippen LogP contribution < -0.4 is 4.90 Å². The molecule has 2 aliphatic carbocycles. The number of anilines is 1. The molecule has 26 heavy (non-hydrogen) atoms. The maximum Gasteiger partial charge on any atom is 0.0370 e. The maximum absolute atomic E-state index is 2.44. The van der Waals surface area contributed by atoms with Crippen LogP contribution in [-0.4, -0.2) is 14.1 Å². The molecular weight excluding hydrogens is 314 g/mol. The van der Waals surface area contributed by atoms with E-state index in [1.807, 2.05) is 0 Å². The summed E-state index contributed by atoms with van der Waals surface area (Å²) in [5, 5.41) is 0. The highest BCUT2D eigenvalue weighted by Gasteiger charge is 2.38. The van der Waals surface area contributed by atoms with E-state index in [1.165, 1.54) is 50.2 Å². The molecule has 2 aromatic carbocycles. The predicted octanol–water partition coefficient (Wildman–Crippen LogP) is 6.41. The molecule has 1 heteroatoms. The van der Waals surface area contributed by atoms with Crippen molar-refractivity contribution < 1.29 is 0 Å². The lowest BCUT2D eigenvalue weighted by atomic mass is 9.78. The number of hydrogen-bond donors (Lipinski definition) is 0. The molecule has 2 aromatic rings. The molecule has 1 nitrogen and oxygen atoms in total. The average Bonchev–Trinajstić information content (AvgIpc) is 2.83. The predicted molar refractivity (Wildman–Crippen MR) is 114 cm³/mol. The van der Waals surface area contributed by atoms with Crippen molar-refractivity contribution in [3.8, 4) is 11.1 Å². The summed E-state index contributed by atoms with van der Waals surface area (Å²) in [4.78, 5) is 2.21. The van der Waals surface area contributed by atoms with Crippen molar-refractivity contribution in [3.05, 3.63) is 70.3 Å². The molecule has 0 radical (unpaired) electrons. The lowest BCUT2D eigenvalue weighted by Gasteiger charge is -2.26. The van der Waals surface area contributed by atoms with Gasteiger partial charge in [-0.2, -0.15) is 0 Å². The Morgan fingerprint density at radius 1 is 0.885 bits per heavy atom. The van der Waals surface area contributed by atoms with E-state index < -0.39 is 0 Å². The van der Waals surface area contributed by atoms with Gasteiger partial charge in [-0.1, -0.05) is 38.1 Å². The van der Waals surface area contributed by atoms with Crippen LogP contribution in [0.15, 0.2) is 42.5 Å². The fourth-order valence-corrected chi connectivity index (χ4v) is 5.05. The molecule has 2 aliphatic rings. The minimum absolute atomic E-state index is 0.0586. The number of nitrogens with zero attached hydrogens (tertiary/aromatic N) is 1. The van der Waals surface area contributed by atoms with Crippen LogP contribution in [0, 0.1) is 13.8 Å². The number of allylic oxidation sites excluding steroid dienone is 4. The maximum atomic E-state index is 2.44.